The predicted octanol–water partition coefficient (Wildman–Crippen LogP) is 2.20. The van der Waals surface area contributed by atoms with Gasteiger partial charge in [-0.3, -0.25) is 4.79 Å². The zero-order valence-corrected chi connectivity index (χ0v) is 14.1. The third-order valence-corrected chi connectivity index (χ3v) is 5.61. The minimum absolute atomic E-state index is 0.0274. The Morgan fingerprint density at radius 3 is 2.58 bits per heavy atom. The molecule has 1 N–H and O–H groups in total. The van der Waals surface area contributed by atoms with E-state index in [1.165, 1.54) is 0 Å². The van der Waals surface area contributed by atoms with Gasteiger partial charge in [-0.2, -0.15) is 5.26 Å². The molecule has 1 amide bonds. The first-order chi connectivity index (χ1) is 11.5. The van der Waals surface area contributed by atoms with Crippen LogP contribution in [0.5, 0.6) is 0 Å². The van der Waals surface area contributed by atoms with Crippen molar-refractivity contribution in [3.8, 4) is 6.07 Å². The Balaban J connectivity index is 1.68. The Morgan fingerprint density at radius 2 is 2.00 bits per heavy atom. The van der Waals surface area contributed by atoms with Crippen LogP contribution < -0.4 is 0 Å². The number of hydrogen-bond donors (Lipinski definition) is 1. The average molecular weight is 328 g/mol. The van der Waals surface area contributed by atoms with E-state index >= 15 is 0 Å². The van der Waals surface area contributed by atoms with Crippen molar-refractivity contribution in [2.24, 2.45) is 11.8 Å². The highest BCUT2D eigenvalue weighted by Crippen LogP contribution is 2.39. The Bertz CT molecular complexity index is 631. The van der Waals surface area contributed by atoms with Gasteiger partial charge in [0.05, 0.1) is 17.2 Å². The molecule has 2 saturated heterocycles. The highest BCUT2D eigenvalue weighted by Gasteiger charge is 2.46. The van der Waals surface area contributed by atoms with Crippen LogP contribution in [0.15, 0.2) is 24.3 Å². The second-order valence-corrected chi connectivity index (χ2v) is 6.97. The Kier molecular flexibility index (Phi) is 4.88. The molecule has 2 heterocycles. The minimum atomic E-state index is -0.703. The highest BCUT2D eigenvalue weighted by molar-refractivity contribution is 5.94. The molecule has 1 aromatic rings. The summed E-state index contributed by atoms with van der Waals surface area (Å²) in [6, 6.07) is 8.79. The third kappa shape index (κ3) is 3.17. The van der Waals surface area contributed by atoms with Gasteiger partial charge < -0.3 is 14.7 Å². The van der Waals surface area contributed by atoms with Crippen LogP contribution in [0, 0.1) is 23.2 Å². The SMILES string of the molecule is C[C@@H]1CN(C(=O)c2ccc(C#N)cc2)CC[C@@]1(O)C1CCOCC1. The van der Waals surface area contributed by atoms with Crippen LogP contribution in [0.4, 0.5) is 0 Å². The third-order valence-electron chi connectivity index (χ3n) is 5.61. The topological polar surface area (TPSA) is 73.6 Å². The first-order valence-corrected chi connectivity index (χ1v) is 8.64. The monoisotopic (exact) mass is 328 g/mol. The number of piperidine rings is 1. The molecule has 24 heavy (non-hydrogen) atoms. The van der Waals surface area contributed by atoms with Gasteiger partial charge in [0.1, 0.15) is 0 Å². The number of benzene rings is 1. The van der Waals surface area contributed by atoms with Crippen molar-refractivity contribution < 1.29 is 14.6 Å². The zero-order valence-electron chi connectivity index (χ0n) is 14.1. The molecule has 2 fully saturated rings. The fraction of sp³-hybridized carbons (Fsp3) is 0.579. The molecule has 0 aromatic heterocycles. The molecule has 2 aliphatic rings. The molecule has 0 bridgehead atoms. The fourth-order valence-electron chi connectivity index (χ4n) is 4.00. The lowest BCUT2D eigenvalue weighted by Crippen LogP contribution is -2.56. The summed E-state index contributed by atoms with van der Waals surface area (Å²) in [5, 5.41) is 20.0. The summed E-state index contributed by atoms with van der Waals surface area (Å²) in [6.07, 6.45) is 2.40. The number of nitriles is 1. The number of likely N-dealkylation sites (tertiary alicyclic amines) is 1. The van der Waals surface area contributed by atoms with E-state index < -0.39 is 5.60 Å². The van der Waals surface area contributed by atoms with E-state index in [1.54, 1.807) is 24.3 Å². The molecule has 0 aliphatic carbocycles. The van der Waals surface area contributed by atoms with Crippen molar-refractivity contribution in [3.05, 3.63) is 35.4 Å². The maximum absolute atomic E-state index is 12.7. The smallest absolute Gasteiger partial charge is 0.253 e. The normalized spacial score (nSPS) is 28.4. The lowest BCUT2D eigenvalue weighted by Gasteiger charge is -2.48. The predicted molar refractivity (Wildman–Crippen MR) is 89.3 cm³/mol. The van der Waals surface area contributed by atoms with Crippen LogP contribution in [0.2, 0.25) is 0 Å². The first-order valence-electron chi connectivity index (χ1n) is 8.64. The highest BCUT2D eigenvalue weighted by atomic mass is 16.5. The number of aliphatic hydroxyl groups is 1. The summed E-state index contributed by atoms with van der Waals surface area (Å²) < 4.78 is 5.41. The maximum atomic E-state index is 12.7. The number of hydrogen-bond acceptors (Lipinski definition) is 4. The van der Waals surface area contributed by atoms with Crippen molar-refractivity contribution in [2.75, 3.05) is 26.3 Å². The van der Waals surface area contributed by atoms with Gasteiger partial charge >= 0.3 is 0 Å². The van der Waals surface area contributed by atoms with Gasteiger partial charge in [-0.25, -0.2) is 0 Å². The van der Waals surface area contributed by atoms with Crippen LogP contribution in [0.25, 0.3) is 0 Å². The van der Waals surface area contributed by atoms with Crippen molar-refractivity contribution in [1.29, 1.82) is 5.26 Å². The van der Waals surface area contributed by atoms with E-state index in [-0.39, 0.29) is 17.7 Å². The Hall–Kier alpha value is -1.90. The number of rotatable bonds is 2. The summed E-state index contributed by atoms with van der Waals surface area (Å²) in [5.41, 5.74) is 0.441. The standard InChI is InChI=1S/C19H24N2O3/c1-14-13-21(18(22)16-4-2-15(12-20)3-5-16)9-8-19(14,23)17-6-10-24-11-7-17/h2-5,14,17,23H,6-11,13H2,1H3/t14-,19+/m1/s1. The van der Waals surface area contributed by atoms with Gasteiger partial charge in [-0.05, 0) is 49.4 Å². The molecule has 0 spiro atoms. The molecule has 5 nitrogen and oxygen atoms in total. The Labute approximate surface area is 142 Å². The number of ether oxygens (including phenoxy) is 1. The van der Waals surface area contributed by atoms with E-state index in [0.29, 0.717) is 43.9 Å². The molecule has 128 valence electrons. The maximum Gasteiger partial charge on any atom is 0.253 e. The summed E-state index contributed by atoms with van der Waals surface area (Å²) >= 11 is 0. The minimum Gasteiger partial charge on any atom is -0.389 e. The van der Waals surface area contributed by atoms with Crippen LogP contribution >= 0.6 is 0 Å². The molecular formula is C19H24N2O3. The zero-order chi connectivity index (χ0) is 17.2. The lowest BCUT2D eigenvalue weighted by molar-refractivity contribution is -0.125. The quantitative estimate of drug-likeness (QED) is 0.903. The van der Waals surface area contributed by atoms with Gasteiger partial charge in [0.2, 0.25) is 0 Å². The molecule has 1 aromatic carbocycles. The van der Waals surface area contributed by atoms with Gasteiger partial charge in [-0.15, -0.1) is 0 Å². The van der Waals surface area contributed by atoms with E-state index in [2.05, 4.69) is 6.07 Å². The second-order valence-electron chi connectivity index (χ2n) is 6.97. The van der Waals surface area contributed by atoms with Crippen LogP contribution in [-0.4, -0.2) is 47.8 Å². The molecule has 0 unspecified atom stereocenters. The number of carbonyl (C=O) groups excluding carboxylic acids is 1. The molecule has 2 aliphatic heterocycles. The summed E-state index contributed by atoms with van der Waals surface area (Å²) in [4.78, 5) is 14.5. The molecule has 5 heteroatoms. The second kappa shape index (κ2) is 6.92. The Morgan fingerprint density at radius 1 is 1.33 bits per heavy atom. The van der Waals surface area contributed by atoms with Crippen molar-refractivity contribution in [2.45, 2.75) is 31.8 Å². The number of carbonyl (C=O) groups is 1. The molecule has 2 atom stereocenters. The van der Waals surface area contributed by atoms with E-state index in [1.807, 2.05) is 11.8 Å². The summed E-state index contributed by atoms with van der Waals surface area (Å²) in [7, 11) is 0. The molecule has 0 saturated carbocycles. The van der Waals surface area contributed by atoms with Gasteiger partial charge in [-0.1, -0.05) is 6.92 Å². The van der Waals surface area contributed by atoms with Crippen molar-refractivity contribution in [1.82, 2.24) is 4.90 Å². The number of amides is 1. The van der Waals surface area contributed by atoms with Gasteiger partial charge in [0, 0.05) is 37.8 Å². The van der Waals surface area contributed by atoms with Crippen molar-refractivity contribution in [3.63, 3.8) is 0 Å². The van der Waals surface area contributed by atoms with Gasteiger partial charge in [0.25, 0.3) is 5.91 Å². The molecule has 0 radical (unpaired) electrons. The van der Waals surface area contributed by atoms with Crippen LogP contribution in [0.1, 0.15) is 42.1 Å². The summed E-state index contributed by atoms with van der Waals surface area (Å²) in [5.74, 6) is 0.269. The van der Waals surface area contributed by atoms with Crippen LogP contribution in [-0.2, 0) is 4.74 Å². The largest absolute Gasteiger partial charge is 0.389 e. The number of nitrogens with zero attached hydrogens (tertiary/aromatic N) is 2. The van der Waals surface area contributed by atoms with E-state index in [4.69, 9.17) is 10.00 Å². The van der Waals surface area contributed by atoms with Gasteiger partial charge in [0.15, 0.2) is 0 Å². The van der Waals surface area contributed by atoms with Crippen LogP contribution in [0.3, 0.4) is 0 Å². The summed E-state index contributed by atoms with van der Waals surface area (Å²) in [6.45, 7) is 4.60. The first kappa shape index (κ1) is 16.9. The van der Waals surface area contributed by atoms with Crippen molar-refractivity contribution >= 4 is 5.91 Å². The average Bonchev–Trinajstić information content (AvgIpc) is 2.64. The van der Waals surface area contributed by atoms with E-state index in [0.717, 1.165) is 12.8 Å². The fourth-order valence-corrected chi connectivity index (χ4v) is 4.00. The molecular weight excluding hydrogens is 304 g/mol. The van der Waals surface area contributed by atoms with E-state index in [9.17, 15) is 9.90 Å². The molecule has 3 rings (SSSR count). The lowest BCUT2D eigenvalue weighted by atomic mass is 9.70.